The van der Waals surface area contributed by atoms with Crippen LogP contribution < -0.4 is 5.32 Å². The highest BCUT2D eigenvalue weighted by atomic mass is 32.1. The SMILES string of the molecule is CCN(Cc1cccs1)C(=O)NC(C)c1cccc(C(F)(F)F)c1. The first-order valence-corrected chi connectivity index (χ1v) is 8.44. The Kier molecular flexibility index (Phi) is 5.88. The van der Waals surface area contributed by atoms with E-state index >= 15 is 0 Å². The number of carbonyl (C=O) groups is 1. The number of thiophene rings is 1. The van der Waals surface area contributed by atoms with Gasteiger partial charge in [0.1, 0.15) is 0 Å². The molecule has 2 rings (SSSR count). The van der Waals surface area contributed by atoms with Crippen LogP contribution in [0.25, 0.3) is 0 Å². The van der Waals surface area contributed by atoms with E-state index in [9.17, 15) is 18.0 Å². The third kappa shape index (κ3) is 4.74. The normalized spacial score (nSPS) is 12.7. The average Bonchev–Trinajstić information content (AvgIpc) is 3.04. The van der Waals surface area contributed by atoms with Gasteiger partial charge in [-0.1, -0.05) is 18.2 Å². The van der Waals surface area contributed by atoms with E-state index in [4.69, 9.17) is 0 Å². The molecule has 7 heteroatoms. The minimum atomic E-state index is -4.39. The Hall–Kier alpha value is -2.02. The smallest absolute Gasteiger partial charge is 0.331 e. The van der Waals surface area contributed by atoms with E-state index in [2.05, 4.69) is 5.32 Å². The molecule has 1 unspecified atom stereocenters. The molecule has 0 aliphatic heterocycles. The van der Waals surface area contributed by atoms with Gasteiger partial charge in [-0.2, -0.15) is 13.2 Å². The zero-order chi connectivity index (χ0) is 17.7. The largest absolute Gasteiger partial charge is 0.416 e. The Morgan fingerprint density at radius 1 is 1.29 bits per heavy atom. The monoisotopic (exact) mass is 356 g/mol. The Morgan fingerprint density at radius 3 is 2.62 bits per heavy atom. The standard InChI is InChI=1S/C17H19F3N2OS/c1-3-22(11-15-8-5-9-24-15)16(23)21-12(2)13-6-4-7-14(10-13)17(18,19)20/h4-10,12H,3,11H2,1-2H3,(H,21,23). The average molecular weight is 356 g/mol. The number of alkyl halides is 3. The fourth-order valence-electron chi connectivity index (χ4n) is 2.26. The maximum atomic E-state index is 12.8. The molecule has 1 heterocycles. The number of rotatable bonds is 5. The second-order valence-corrected chi connectivity index (χ2v) is 6.42. The van der Waals surface area contributed by atoms with Gasteiger partial charge in [0.15, 0.2) is 0 Å². The summed E-state index contributed by atoms with van der Waals surface area (Å²) < 4.78 is 38.4. The van der Waals surface area contributed by atoms with Gasteiger partial charge in [0, 0.05) is 11.4 Å². The molecule has 0 radical (unpaired) electrons. The third-order valence-electron chi connectivity index (χ3n) is 3.65. The van der Waals surface area contributed by atoms with Crippen molar-refractivity contribution in [3.05, 3.63) is 57.8 Å². The fraction of sp³-hybridized carbons (Fsp3) is 0.353. The summed E-state index contributed by atoms with van der Waals surface area (Å²) in [6.45, 7) is 4.53. The molecule has 0 spiro atoms. The molecular weight excluding hydrogens is 337 g/mol. The maximum absolute atomic E-state index is 12.8. The Bertz CT molecular complexity index is 671. The zero-order valence-corrected chi connectivity index (χ0v) is 14.2. The first-order chi connectivity index (χ1) is 11.3. The van der Waals surface area contributed by atoms with Crippen molar-refractivity contribution in [3.63, 3.8) is 0 Å². The molecule has 0 bridgehead atoms. The van der Waals surface area contributed by atoms with Gasteiger partial charge < -0.3 is 10.2 Å². The number of carbonyl (C=O) groups excluding carboxylic acids is 1. The van der Waals surface area contributed by atoms with Crippen molar-refractivity contribution < 1.29 is 18.0 Å². The van der Waals surface area contributed by atoms with Crippen LogP contribution in [0.1, 0.15) is 35.9 Å². The van der Waals surface area contributed by atoms with Crippen LogP contribution in [0.2, 0.25) is 0 Å². The molecule has 1 N–H and O–H groups in total. The number of halogens is 3. The van der Waals surface area contributed by atoms with Crippen molar-refractivity contribution in [1.82, 2.24) is 10.2 Å². The number of urea groups is 1. The summed E-state index contributed by atoms with van der Waals surface area (Å²) in [7, 11) is 0. The van der Waals surface area contributed by atoms with Crippen LogP contribution in [0.3, 0.4) is 0 Å². The highest BCUT2D eigenvalue weighted by Crippen LogP contribution is 2.30. The van der Waals surface area contributed by atoms with Crippen molar-refractivity contribution in [3.8, 4) is 0 Å². The Balaban J connectivity index is 2.05. The molecule has 1 aromatic heterocycles. The molecule has 24 heavy (non-hydrogen) atoms. The number of hydrogen-bond donors (Lipinski definition) is 1. The minimum Gasteiger partial charge on any atom is -0.331 e. The van der Waals surface area contributed by atoms with E-state index in [1.165, 1.54) is 6.07 Å². The number of hydrogen-bond acceptors (Lipinski definition) is 2. The summed E-state index contributed by atoms with van der Waals surface area (Å²) >= 11 is 1.56. The van der Waals surface area contributed by atoms with Gasteiger partial charge in [-0.25, -0.2) is 4.79 Å². The van der Waals surface area contributed by atoms with E-state index in [1.54, 1.807) is 29.2 Å². The predicted molar refractivity (Wildman–Crippen MR) is 88.8 cm³/mol. The number of amides is 2. The topological polar surface area (TPSA) is 32.3 Å². The molecule has 0 aliphatic carbocycles. The van der Waals surface area contributed by atoms with E-state index in [0.29, 0.717) is 18.7 Å². The highest BCUT2D eigenvalue weighted by Gasteiger charge is 2.30. The molecule has 0 saturated heterocycles. The van der Waals surface area contributed by atoms with E-state index < -0.39 is 17.8 Å². The predicted octanol–water partition coefficient (Wildman–Crippen LogP) is 5.06. The van der Waals surface area contributed by atoms with Crippen LogP contribution in [0.4, 0.5) is 18.0 Å². The van der Waals surface area contributed by atoms with Gasteiger partial charge in [-0.15, -0.1) is 11.3 Å². The first-order valence-electron chi connectivity index (χ1n) is 7.56. The summed E-state index contributed by atoms with van der Waals surface area (Å²) in [5.74, 6) is 0. The van der Waals surface area contributed by atoms with Crippen molar-refractivity contribution in [1.29, 1.82) is 0 Å². The molecule has 3 nitrogen and oxygen atoms in total. The summed E-state index contributed by atoms with van der Waals surface area (Å²) in [6.07, 6.45) is -4.39. The number of nitrogens with zero attached hydrogens (tertiary/aromatic N) is 1. The molecule has 130 valence electrons. The number of benzene rings is 1. The molecule has 0 aliphatic rings. The van der Waals surface area contributed by atoms with Gasteiger partial charge in [0.2, 0.25) is 0 Å². The fourth-order valence-corrected chi connectivity index (χ4v) is 2.98. The molecule has 0 fully saturated rings. The quantitative estimate of drug-likeness (QED) is 0.798. The van der Waals surface area contributed by atoms with Gasteiger partial charge in [0.25, 0.3) is 0 Å². The van der Waals surface area contributed by atoms with Crippen LogP contribution in [0, 0.1) is 0 Å². The highest BCUT2D eigenvalue weighted by molar-refractivity contribution is 7.09. The second kappa shape index (κ2) is 7.70. The Labute approximate surface area is 143 Å². The van der Waals surface area contributed by atoms with Crippen LogP contribution in [-0.4, -0.2) is 17.5 Å². The summed E-state index contributed by atoms with van der Waals surface area (Å²) in [6, 6.07) is 8.06. The van der Waals surface area contributed by atoms with Gasteiger partial charge in [0.05, 0.1) is 18.2 Å². The van der Waals surface area contributed by atoms with Crippen LogP contribution in [0.15, 0.2) is 41.8 Å². The minimum absolute atomic E-state index is 0.296. The molecule has 1 atom stereocenters. The van der Waals surface area contributed by atoms with Crippen LogP contribution >= 0.6 is 11.3 Å². The van der Waals surface area contributed by atoms with E-state index in [-0.39, 0.29) is 6.03 Å². The van der Waals surface area contributed by atoms with Gasteiger partial charge in [-0.3, -0.25) is 0 Å². The van der Waals surface area contributed by atoms with Gasteiger partial charge >= 0.3 is 12.2 Å². The first kappa shape index (κ1) is 18.3. The number of nitrogens with one attached hydrogen (secondary N) is 1. The van der Waals surface area contributed by atoms with Crippen LogP contribution in [0.5, 0.6) is 0 Å². The lowest BCUT2D eigenvalue weighted by Crippen LogP contribution is -2.40. The van der Waals surface area contributed by atoms with Crippen molar-refractivity contribution in [2.75, 3.05) is 6.54 Å². The summed E-state index contributed by atoms with van der Waals surface area (Å²) in [4.78, 5) is 15.0. The molecular formula is C17H19F3N2OS. The van der Waals surface area contributed by atoms with Gasteiger partial charge in [-0.05, 0) is 43.0 Å². The lowest BCUT2D eigenvalue weighted by molar-refractivity contribution is -0.137. The van der Waals surface area contributed by atoms with E-state index in [0.717, 1.165) is 17.0 Å². The van der Waals surface area contributed by atoms with Crippen molar-refractivity contribution in [2.45, 2.75) is 32.6 Å². The van der Waals surface area contributed by atoms with E-state index in [1.807, 2.05) is 24.4 Å². The maximum Gasteiger partial charge on any atom is 0.416 e. The Morgan fingerprint density at radius 2 is 2.04 bits per heavy atom. The molecule has 1 aromatic carbocycles. The lowest BCUT2D eigenvalue weighted by atomic mass is 10.1. The van der Waals surface area contributed by atoms with Crippen molar-refractivity contribution in [2.24, 2.45) is 0 Å². The second-order valence-electron chi connectivity index (χ2n) is 5.39. The lowest BCUT2D eigenvalue weighted by Gasteiger charge is -2.24. The van der Waals surface area contributed by atoms with Crippen molar-refractivity contribution >= 4 is 17.4 Å². The molecule has 0 saturated carbocycles. The zero-order valence-electron chi connectivity index (χ0n) is 13.4. The summed E-state index contributed by atoms with van der Waals surface area (Å²) in [5, 5.41) is 4.70. The van der Waals surface area contributed by atoms with Crippen LogP contribution in [-0.2, 0) is 12.7 Å². The summed E-state index contributed by atoms with van der Waals surface area (Å²) in [5.41, 5.74) is -0.294. The third-order valence-corrected chi connectivity index (χ3v) is 4.51. The molecule has 2 amide bonds. The molecule has 2 aromatic rings.